The molecule has 0 amide bonds. The average molecular weight is 351 g/mol. The molecule has 134 valence electrons. The maximum Gasteiger partial charge on any atom is 0.408 e. The fourth-order valence-electron chi connectivity index (χ4n) is 3.34. The number of hydrogen-bond acceptors (Lipinski definition) is 3. The Labute approximate surface area is 144 Å². The first-order valence-corrected chi connectivity index (χ1v) is 8.54. The van der Waals surface area contributed by atoms with Crippen LogP contribution >= 0.6 is 0 Å². The number of ether oxygens (including phenoxy) is 1. The second kappa shape index (κ2) is 6.37. The molecule has 1 aromatic carbocycles. The smallest absolute Gasteiger partial charge is 0.378 e. The summed E-state index contributed by atoms with van der Waals surface area (Å²) in [6.07, 6.45) is 0.0360. The molecular weight excluding hydrogens is 331 g/mol. The van der Waals surface area contributed by atoms with Crippen molar-refractivity contribution in [2.24, 2.45) is 0 Å². The van der Waals surface area contributed by atoms with Crippen LogP contribution in [0.15, 0.2) is 24.4 Å². The highest BCUT2D eigenvalue weighted by Crippen LogP contribution is 2.44. The van der Waals surface area contributed by atoms with E-state index in [9.17, 15) is 13.2 Å². The van der Waals surface area contributed by atoms with Crippen molar-refractivity contribution in [3.63, 3.8) is 0 Å². The second-order valence-electron chi connectivity index (χ2n) is 6.75. The van der Waals surface area contributed by atoms with Crippen LogP contribution in [0.1, 0.15) is 41.1 Å². The molecule has 0 bridgehead atoms. The molecule has 2 aliphatic rings. The Bertz CT molecular complexity index is 765. The highest BCUT2D eigenvalue weighted by molar-refractivity contribution is 5.50. The van der Waals surface area contributed by atoms with Crippen LogP contribution in [-0.2, 0) is 30.9 Å². The Morgan fingerprint density at radius 3 is 2.84 bits per heavy atom. The minimum absolute atomic E-state index is 0.185. The second-order valence-corrected chi connectivity index (χ2v) is 6.75. The van der Waals surface area contributed by atoms with Crippen molar-refractivity contribution < 1.29 is 17.9 Å². The molecule has 1 aliphatic carbocycles. The molecule has 2 aromatic rings. The molecule has 4 rings (SSSR count). The van der Waals surface area contributed by atoms with Gasteiger partial charge in [0.15, 0.2) is 0 Å². The van der Waals surface area contributed by atoms with E-state index in [0.29, 0.717) is 24.5 Å². The van der Waals surface area contributed by atoms with E-state index >= 15 is 0 Å². The van der Waals surface area contributed by atoms with Crippen LogP contribution in [0.2, 0.25) is 0 Å². The molecule has 0 atom stereocenters. The minimum atomic E-state index is -4.26. The van der Waals surface area contributed by atoms with Gasteiger partial charge in [-0.2, -0.15) is 18.3 Å². The summed E-state index contributed by atoms with van der Waals surface area (Å²) >= 11 is 0. The summed E-state index contributed by atoms with van der Waals surface area (Å²) in [6, 6.07) is 6.29. The molecule has 0 saturated heterocycles. The van der Waals surface area contributed by atoms with E-state index in [1.54, 1.807) is 0 Å². The first kappa shape index (κ1) is 16.4. The lowest BCUT2D eigenvalue weighted by atomic mass is 10.0. The molecule has 0 radical (unpaired) electrons. The van der Waals surface area contributed by atoms with Crippen molar-refractivity contribution in [2.75, 3.05) is 11.9 Å². The van der Waals surface area contributed by atoms with Crippen molar-refractivity contribution in [2.45, 2.75) is 51.1 Å². The number of fused-ring (bicyclic) bond motifs is 1. The third-order valence-corrected chi connectivity index (χ3v) is 4.70. The quantitative estimate of drug-likeness (QED) is 0.885. The van der Waals surface area contributed by atoms with Gasteiger partial charge in [0.05, 0.1) is 30.8 Å². The molecule has 1 aliphatic heterocycles. The normalized spacial score (nSPS) is 17.4. The Balaban J connectivity index is 1.49. The van der Waals surface area contributed by atoms with Crippen LogP contribution in [0.5, 0.6) is 0 Å². The van der Waals surface area contributed by atoms with Gasteiger partial charge in [-0.15, -0.1) is 0 Å². The van der Waals surface area contributed by atoms with Gasteiger partial charge in [-0.25, -0.2) is 0 Å². The van der Waals surface area contributed by atoms with Crippen LogP contribution in [0.25, 0.3) is 0 Å². The number of rotatable bonds is 5. The number of benzene rings is 1. The van der Waals surface area contributed by atoms with E-state index in [1.807, 2.05) is 0 Å². The molecule has 2 heterocycles. The molecule has 0 unspecified atom stereocenters. The molecule has 1 saturated carbocycles. The summed E-state index contributed by atoms with van der Waals surface area (Å²) in [6.45, 7) is 0.912. The number of nitrogens with one attached hydrogen (secondary N) is 1. The zero-order valence-electron chi connectivity index (χ0n) is 13.8. The monoisotopic (exact) mass is 351 g/mol. The Morgan fingerprint density at radius 1 is 1.24 bits per heavy atom. The van der Waals surface area contributed by atoms with Gasteiger partial charge in [0, 0.05) is 12.5 Å². The van der Waals surface area contributed by atoms with E-state index in [0.717, 1.165) is 36.1 Å². The van der Waals surface area contributed by atoms with Gasteiger partial charge in [0.1, 0.15) is 6.54 Å². The SMILES string of the molecule is FC(F)(F)Cn1ncc(NCc2ccc3c(c2)COCC3)c1C1CC1. The van der Waals surface area contributed by atoms with Gasteiger partial charge in [-0.05, 0) is 36.0 Å². The van der Waals surface area contributed by atoms with E-state index < -0.39 is 12.7 Å². The zero-order chi connectivity index (χ0) is 17.4. The van der Waals surface area contributed by atoms with Gasteiger partial charge in [-0.1, -0.05) is 18.2 Å². The van der Waals surface area contributed by atoms with Crippen molar-refractivity contribution >= 4 is 5.69 Å². The molecule has 25 heavy (non-hydrogen) atoms. The first-order chi connectivity index (χ1) is 12.0. The van der Waals surface area contributed by atoms with Crippen LogP contribution in [-0.4, -0.2) is 22.6 Å². The lowest BCUT2D eigenvalue weighted by Gasteiger charge is -2.17. The largest absolute Gasteiger partial charge is 0.408 e. The summed E-state index contributed by atoms with van der Waals surface area (Å²) in [5, 5.41) is 7.23. The van der Waals surface area contributed by atoms with Crippen molar-refractivity contribution in [3.05, 3.63) is 46.8 Å². The summed E-state index contributed by atoms with van der Waals surface area (Å²) in [5.41, 5.74) is 4.99. The summed E-state index contributed by atoms with van der Waals surface area (Å²) in [5.74, 6) is 0.185. The topological polar surface area (TPSA) is 39.1 Å². The Morgan fingerprint density at radius 2 is 2.08 bits per heavy atom. The van der Waals surface area contributed by atoms with E-state index in [2.05, 4.69) is 28.6 Å². The first-order valence-electron chi connectivity index (χ1n) is 8.54. The molecule has 1 N–H and O–H groups in total. The van der Waals surface area contributed by atoms with Crippen molar-refractivity contribution in [1.29, 1.82) is 0 Å². The van der Waals surface area contributed by atoms with Gasteiger partial charge in [0.25, 0.3) is 0 Å². The number of anilines is 1. The number of aromatic nitrogens is 2. The predicted octanol–water partition coefficient (Wildman–Crippen LogP) is 4.01. The standard InChI is InChI=1S/C18H20F3N3O/c19-18(20,21)11-24-17(14-3-4-14)16(9-23-24)22-8-12-1-2-13-5-6-25-10-15(13)7-12/h1-2,7,9,14,22H,3-6,8,10-11H2. The maximum atomic E-state index is 12.7. The molecule has 1 aromatic heterocycles. The van der Waals surface area contributed by atoms with Gasteiger partial charge < -0.3 is 10.1 Å². The van der Waals surface area contributed by atoms with E-state index in [-0.39, 0.29) is 5.92 Å². The van der Waals surface area contributed by atoms with Crippen molar-refractivity contribution in [3.8, 4) is 0 Å². The minimum Gasteiger partial charge on any atom is -0.378 e. The predicted molar refractivity (Wildman–Crippen MR) is 87.4 cm³/mol. The fourth-order valence-corrected chi connectivity index (χ4v) is 3.34. The molecular formula is C18H20F3N3O. The molecule has 4 nitrogen and oxygen atoms in total. The van der Waals surface area contributed by atoms with Crippen LogP contribution < -0.4 is 5.32 Å². The van der Waals surface area contributed by atoms with Crippen LogP contribution in [0, 0.1) is 0 Å². The molecule has 7 heteroatoms. The number of hydrogen-bond donors (Lipinski definition) is 1. The lowest BCUT2D eigenvalue weighted by Crippen LogP contribution is -2.20. The summed E-state index contributed by atoms with van der Waals surface area (Å²) < 4.78 is 44.8. The van der Waals surface area contributed by atoms with Gasteiger partial charge in [-0.3, -0.25) is 4.68 Å². The van der Waals surface area contributed by atoms with Gasteiger partial charge in [0.2, 0.25) is 0 Å². The molecule has 1 fully saturated rings. The Hall–Kier alpha value is -2.02. The lowest BCUT2D eigenvalue weighted by molar-refractivity contribution is -0.143. The summed E-state index contributed by atoms with van der Waals surface area (Å²) in [4.78, 5) is 0. The highest BCUT2D eigenvalue weighted by atomic mass is 19.4. The fraction of sp³-hybridized carbons (Fsp3) is 0.500. The van der Waals surface area contributed by atoms with Crippen molar-refractivity contribution in [1.82, 2.24) is 9.78 Å². The third-order valence-electron chi connectivity index (χ3n) is 4.70. The van der Waals surface area contributed by atoms with Crippen LogP contribution in [0.3, 0.4) is 0 Å². The third kappa shape index (κ3) is 3.81. The highest BCUT2D eigenvalue weighted by Gasteiger charge is 2.35. The van der Waals surface area contributed by atoms with E-state index in [4.69, 9.17) is 4.74 Å². The maximum absolute atomic E-state index is 12.7. The summed E-state index contributed by atoms with van der Waals surface area (Å²) in [7, 11) is 0. The number of nitrogens with zero attached hydrogens (tertiary/aromatic N) is 2. The number of alkyl halides is 3. The van der Waals surface area contributed by atoms with Gasteiger partial charge >= 0.3 is 6.18 Å². The Kier molecular flexibility index (Phi) is 4.19. The van der Waals surface area contributed by atoms with Crippen LogP contribution in [0.4, 0.5) is 18.9 Å². The average Bonchev–Trinajstić information content (AvgIpc) is 3.33. The zero-order valence-corrected chi connectivity index (χ0v) is 13.8. The molecule has 0 spiro atoms. The number of halogens is 3. The van der Waals surface area contributed by atoms with E-state index in [1.165, 1.54) is 17.3 Å².